The van der Waals surface area contributed by atoms with Crippen LogP contribution in [0.4, 0.5) is 5.69 Å². The molecule has 0 heterocycles. The first kappa shape index (κ1) is 19.0. The molecule has 2 aromatic rings. The minimum absolute atomic E-state index is 0.206. The van der Waals surface area contributed by atoms with Gasteiger partial charge in [0.25, 0.3) is 0 Å². The molecule has 1 N–H and O–H groups in total. The van der Waals surface area contributed by atoms with Crippen molar-refractivity contribution in [1.82, 2.24) is 4.31 Å². The summed E-state index contributed by atoms with van der Waals surface area (Å²) >= 11 is 0. The zero-order valence-electron chi connectivity index (χ0n) is 14.7. The third-order valence-corrected chi connectivity index (χ3v) is 5.72. The molecular formula is C18H22N2O4S. The molecule has 0 aliphatic heterocycles. The van der Waals surface area contributed by atoms with Crippen LogP contribution < -0.4 is 10.1 Å². The lowest BCUT2D eigenvalue weighted by Gasteiger charge is -2.18. The highest BCUT2D eigenvalue weighted by atomic mass is 32.2. The number of amides is 1. The van der Waals surface area contributed by atoms with Crippen molar-refractivity contribution in [3.63, 3.8) is 0 Å². The van der Waals surface area contributed by atoms with Crippen molar-refractivity contribution >= 4 is 21.6 Å². The zero-order chi connectivity index (χ0) is 18.6. The number of sulfonamides is 1. The Hall–Kier alpha value is -2.38. The summed E-state index contributed by atoms with van der Waals surface area (Å²) in [4.78, 5) is 12.4. The number of anilines is 1. The summed E-state index contributed by atoms with van der Waals surface area (Å²) in [6.07, 6.45) is 0. The smallest absolute Gasteiger partial charge is 0.243 e. The van der Waals surface area contributed by atoms with Gasteiger partial charge in [0.1, 0.15) is 5.75 Å². The first-order valence-corrected chi connectivity index (χ1v) is 9.15. The van der Waals surface area contributed by atoms with Gasteiger partial charge in [0, 0.05) is 12.7 Å². The van der Waals surface area contributed by atoms with Gasteiger partial charge in [0.05, 0.1) is 18.6 Å². The second-order valence-corrected chi connectivity index (χ2v) is 7.82. The van der Waals surface area contributed by atoms with E-state index < -0.39 is 15.9 Å². The van der Waals surface area contributed by atoms with Crippen molar-refractivity contribution in [2.24, 2.45) is 0 Å². The Balaban J connectivity index is 2.08. The first-order chi connectivity index (χ1) is 11.7. The number of benzene rings is 2. The Labute approximate surface area is 148 Å². The number of hydrogen-bond donors (Lipinski definition) is 1. The summed E-state index contributed by atoms with van der Waals surface area (Å²) in [6, 6.07) is 11.9. The third-order valence-electron chi connectivity index (χ3n) is 3.76. The van der Waals surface area contributed by atoms with Gasteiger partial charge in [-0.05, 0) is 49.7 Å². The average molecular weight is 362 g/mol. The molecule has 0 aliphatic rings. The van der Waals surface area contributed by atoms with Crippen LogP contribution in [0.2, 0.25) is 0 Å². The Bertz CT molecular complexity index is 861. The van der Waals surface area contributed by atoms with Gasteiger partial charge in [-0.25, -0.2) is 8.42 Å². The van der Waals surface area contributed by atoms with Crippen LogP contribution in [0, 0.1) is 13.8 Å². The minimum Gasteiger partial charge on any atom is -0.497 e. The van der Waals surface area contributed by atoms with Crippen molar-refractivity contribution in [2.75, 3.05) is 26.0 Å². The van der Waals surface area contributed by atoms with E-state index in [0.717, 1.165) is 9.87 Å². The molecular weight excluding hydrogens is 340 g/mol. The fraction of sp³-hybridized carbons (Fsp3) is 0.278. The van der Waals surface area contributed by atoms with E-state index in [-0.39, 0.29) is 11.4 Å². The molecule has 7 heteroatoms. The predicted octanol–water partition coefficient (Wildman–Crippen LogP) is 2.57. The lowest BCUT2D eigenvalue weighted by molar-refractivity contribution is -0.116. The SMILES string of the molecule is COc1ccc(NC(=O)CN(C)S(=O)(=O)c2ccc(C)cc2C)cc1. The van der Waals surface area contributed by atoms with Crippen LogP contribution in [0.15, 0.2) is 47.4 Å². The van der Waals surface area contributed by atoms with Gasteiger partial charge in [-0.2, -0.15) is 4.31 Å². The summed E-state index contributed by atoms with van der Waals surface area (Å²) in [5, 5.41) is 2.67. The quantitative estimate of drug-likeness (QED) is 0.857. The maximum Gasteiger partial charge on any atom is 0.243 e. The second kappa shape index (κ2) is 7.67. The number of nitrogens with zero attached hydrogens (tertiary/aromatic N) is 1. The number of aryl methyl sites for hydroxylation is 2. The maximum absolute atomic E-state index is 12.7. The van der Waals surface area contributed by atoms with Crippen molar-refractivity contribution in [2.45, 2.75) is 18.7 Å². The van der Waals surface area contributed by atoms with Gasteiger partial charge < -0.3 is 10.1 Å². The van der Waals surface area contributed by atoms with E-state index in [4.69, 9.17) is 4.74 Å². The lowest BCUT2D eigenvalue weighted by Crippen LogP contribution is -2.35. The second-order valence-electron chi connectivity index (χ2n) is 5.81. The Morgan fingerprint density at radius 3 is 2.32 bits per heavy atom. The summed E-state index contributed by atoms with van der Waals surface area (Å²) in [5.41, 5.74) is 2.21. The van der Waals surface area contributed by atoms with Gasteiger partial charge >= 0.3 is 0 Å². The number of ether oxygens (including phenoxy) is 1. The molecule has 2 aromatic carbocycles. The van der Waals surface area contributed by atoms with Crippen molar-refractivity contribution in [3.05, 3.63) is 53.6 Å². The molecule has 0 aromatic heterocycles. The molecule has 6 nitrogen and oxygen atoms in total. The highest BCUT2D eigenvalue weighted by Crippen LogP contribution is 2.20. The highest BCUT2D eigenvalue weighted by molar-refractivity contribution is 7.89. The largest absolute Gasteiger partial charge is 0.497 e. The van der Waals surface area contributed by atoms with E-state index in [0.29, 0.717) is 17.0 Å². The van der Waals surface area contributed by atoms with E-state index >= 15 is 0 Å². The number of carbonyl (C=O) groups is 1. The van der Waals surface area contributed by atoms with E-state index in [1.54, 1.807) is 56.5 Å². The standard InChI is InChI=1S/C18H22N2O4S/c1-13-5-10-17(14(2)11-13)25(22,23)20(3)12-18(21)19-15-6-8-16(24-4)9-7-15/h5-11H,12H2,1-4H3,(H,19,21). The minimum atomic E-state index is -3.73. The van der Waals surface area contributed by atoms with E-state index in [1.807, 2.05) is 6.92 Å². The maximum atomic E-state index is 12.7. The molecule has 0 fully saturated rings. The first-order valence-electron chi connectivity index (χ1n) is 7.71. The van der Waals surface area contributed by atoms with Crippen LogP contribution in [-0.2, 0) is 14.8 Å². The summed E-state index contributed by atoms with van der Waals surface area (Å²) in [7, 11) is -0.785. The fourth-order valence-corrected chi connectivity index (χ4v) is 3.75. The van der Waals surface area contributed by atoms with Gasteiger partial charge in [0.15, 0.2) is 0 Å². The Kier molecular flexibility index (Phi) is 5.81. The number of carbonyl (C=O) groups excluding carboxylic acids is 1. The molecule has 0 radical (unpaired) electrons. The average Bonchev–Trinajstić information content (AvgIpc) is 2.55. The number of hydrogen-bond acceptors (Lipinski definition) is 4. The number of methoxy groups -OCH3 is 1. The molecule has 0 bridgehead atoms. The number of nitrogens with one attached hydrogen (secondary N) is 1. The molecule has 1 amide bonds. The lowest BCUT2D eigenvalue weighted by atomic mass is 10.2. The van der Waals surface area contributed by atoms with Gasteiger partial charge in [0.2, 0.25) is 15.9 Å². The molecule has 0 aliphatic carbocycles. The fourth-order valence-electron chi connectivity index (χ4n) is 2.42. The normalized spacial score (nSPS) is 11.4. The molecule has 0 saturated heterocycles. The van der Waals surface area contributed by atoms with Crippen molar-refractivity contribution in [1.29, 1.82) is 0 Å². The van der Waals surface area contributed by atoms with E-state index in [1.165, 1.54) is 7.05 Å². The molecule has 0 spiro atoms. The van der Waals surface area contributed by atoms with Crippen LogP contribution in [0.1, 0.15) is 11.1 Å². The van der Waals surface area contributed by atoms with Crippen LogP contribution in [0.25, 0.3) is 0 Å². The predicted molar refractivity (Wildman–Crippen MR) is 97.4 cm³/mol. The molecule has 134 valence electrons. The molecule has 25 heavy (non-hydrogen) atoms. The zero-order valence-corrected chi connectivity index (χ0v) is 15.6. The molecule has 2 rings (SSSR count). The van der Waals surface area contributed by atoms with E-state index in [2.05, 4.69) is 5.32 Å². The topological polar surface area (TPSA) is 75.7 Å². The van der Waals surface area contributed by atoms with Gasteiger partial charge in [-0.15, -0.1) is 0 Å². The van der Waals surface area contributed by atoms with Crippen LogP contribution in [-0.4, -0.2) is 39.3 Å². The molecule has 0 saturated carbocycles. The summed E-state index contributed by atoms with van der Waals surface area (Å²) < 4.78 is 31.4. The summed E-state index contributed by atoms with van der Waals surface area (Å²) in [6.45, 7) is 3.36. The molecule has 0 unspecified atom stereocenters. The summed E-state index contributed by atoms with van der Waals surface area (Å²) in [5.74, 6) is 0.258. The van der Waals surface area contributed by atoms with Crippen LogP contribution >= 0.6 is 0 Å². The molecule has 0 atom stereocenters. The van der Waals surface area contributed by atoms with Crippen molar-refractivity contribution < 1.29 is 17.9 Å². The monoisotopic (exact) mass is 362 g/mol. The van der Waals surface area contributed by atoms with Crippen LogP contribution in [0.3, 0.4) is 0 Å². The Morgan fingerprint density at radius 1 is 1.12 bits per heavy atom. The number of likely N-dealkylation sites (N-methyl/N-ethyl adjacent to an activating group) is 1. The number of rotatable bonds is 6. The van der Waals surface area contributed by atoms with Gasteiger partial charge in [-0.3, -0.25) is 4.79 Å². The third kappa shape index (κ3) is 4.58. The van der Waals surface area contributed by atoms with Crippen molar-refractivity contribution in [3.8, 4) is 5.75 Å². The Morgan fingerprint density at radius 2 is 1.76 bits per heavy atom. The van der Waals surface area contributed by atoms with E-state index in [9.17, 15) is 13.2 Å². The van der Waals surface area contributed by atoms with Gasteiger partial charge in [-0.1, -0.05) is 17.7 Å². The highest BCUT2D eigenvalue weighted by Gasteiger charge is 2.24. The van der Waals surface area contributed by atoms with Crippen LogP contribution in [0.5, 0.6) is 5.75 Å².